The fourth-order valence-electron chi connectivity index (χ4n) is 3.76. The van der Waals surface area contributed by atoms with Gasteiger partial charge in [-0.25, -0.2) is 0 Å². The van der Waals surface area contributed by atoms with Gasteiger partial charge in [0.15, 0.2) is 5.78 Å². The van der Waals surface area contributed by atoms with E-state index in [2.05, 4.69) is 40.1 Å². The number of carbonyl (C=O) groups excluding carboxylic acids is 1. The minimum absolute atomic E-state index is 0.0989. The van der Waals surface area contributed by atoms with Crippen molar-refractivity contribution in [1.82, 2.24) is 9.80 Å². The Kier molecular flexibility index (Phi) is 7.52. The van der Waals surface area contributed by atoms with Gasteiger partial charge in [-0.05, 0) is 11.1 Å². The molecule has 1 atom stereocenters. The molecule has 0 aliphatic carbocycles. The number of hydrogen-bond donors (Lipinski definition) is 0. The van der Waals surface area contributed by atoms with Crippen LogP contribution in [0.15, 0.2) is 91.0 Å². The second-order valence-corrected chi connectivity index (χ2v) is 9.39. The van der Waals surface area contributed by atoms with E-state index in [0.29, 0.717) is 0 Å². The van der Waals surface area contributed by atoms with Crippen molar-refractivity contribution in [2.24, 2.45) is 0 Å². The molecule has 0 amide bonds. The SMILES string of the molecule is O=C(c1ccccc1)C(SC(=S)N1CCN(Cc2ccccc2)CC1)c1ccccc1. The molecule has 0 spiro atoms. The molecule has 0 aromatic heterocycles. The molecule has 0 radical (unpaired) electrons. The molecule has 1 saturated heterocycles. The number of Topliss-reactive ketones (excluding diaryl/α,β-unsaturated/α-hetero) is 1. The molecule has 1 fully saturated rings. The van der Waals surface area contributed by atoms with Crippen LogP contribution >= 0.6 is 24.0 Å². The van der Waals surface area contributed by atoms with E-state index in [9.17, 15) is 4.79 Å². The lowest BCUT2D eigenvalue weighted by molar-refractivity contribution is 0.0989. The predicted octanol–water partition coefficient (Wildman–Crippen LogP) is 5.45. The number of thiocarbonyl (C=S) groups is 1. The molecule has 3 aromatic carbocycles. The van der Waals surface area contributed by atoms with Crippen LogP contribution in [0.4, 0.5) is 0 Å². The number of carbonyl (C=O) groups is 1. The molecule has 5 heteroatoms. The first-order valence-corrected chi connectivity index (χ1v) is 11.9. The molecular formula is C26H26N2OS2. The molecule has 4 rings (SSSR count). The van der Waals surface area contributed by atoms with E-state index in [1.807, 2.05) is 60.7 Å². The maximum Gasteiger partial charge on any atom is 0.180 e. The summed E-state index contributed by atoms with van der Waals surface area (Å²) in [6, 6.07) is 30.0. The number of piperazine rings is 1. The van der Waals surface area contributed by atoms with E-state index < -0.39 is 0 Å². The van der Waals surface area contributed by atoms with Gasteiger partial charge < -0.3 is 4.90 Å². The summed E-state index contributed by atoms with van der Waals surface area (Å²) >= 11 is 7.31. The van der Waals surface area contributed by atoms with Crippen molar-refractivity contribution in [2.75, 3.05) is 26.2 Å². The van der Waals surface area contributed by atoms with Gasteiger partial charge in [-0.15, -0.1) is 0 Å². The number of nitrogens with zero attached hydrogens (tertiary/aromatic N) is 2. The summed E-state index contributed by atoms with van der Waals surface area (Å²) in [7, 11) is 0. The van der Waals surface area contributed by atoms with Crippen LogP contribution in [0.5, 0.6) is 0 Å². The van der Waals surface area contributed by atoms with Crippen LogP contribution < -0.4 is 0 Å². The third-order valence-electron chi connectivity index (χ3n) is 5.50. The molecule has 31 heavy (non-hydrogen) atoms. The Hall–Kier alpha value is -2.47. The Labute approximate surface area is 194 Å². The fourth-order valence-corrected chi connectivity index (χ4v) is 5.30. The van der Waals surface area contributed by atoms with Crippen LogP contribution in [0.1, 0.15) is 26.7 Å². The lowest BCUT2D eigenvalue weighted by atomic mass is 10.0. The van der Waals surface area contributed by atoms with Crippen molar-refractivity contribution >= 4 is 34.1 Å². The molecular weight excluding hydrogens is 420 g/mol. The molecule has 3 nitrogen and oxygen atoms in total. The lowest BCUT2D eigenvalue weighted by Crippen LogP contribution is -2.47. The first-order valence-electron chi connectivity index (χ1n) is 10.6. The molecule has 3 aromatic rings. The number of ketones is 1. The Bertz CT molecular complexity index is 988. The van der Waals surface area contributed by atoms with E-state index in [0.717, 1.165) is 48.2 Å². The normalized spacial score (nSPS) is 15.4. The molecule has 0 N–H and O–H groups in total. The highest BCUT2D eigenvalue weighted by atomic mass is 32.2. The van der Waals surface area contributed by atoms with Gasteiger partial charge in [0.25, 0.3) is 0 Å². The quantitative estimate of drug-likeness (QED) is 0.370. The molecule has 1 aliphatic rings. The Morgan fingerprint density at radius 1 is 0.806 bits per heavy atom. The van der Waals surface area contributed by atoms with E-state index in [1.54, 1.807) is 0 Å². The van der Waals surface area contributed by atoms with Gasteiger partial charge in [-0.2, -0.15) is 0 Å². The van der Waals surface area contributed by atoms with E-state index in [4.69, 9.17) is 12.2 Å². The minimum Gasteiger partial charge on any atom is -0.355 e. The number of rotatable bonds is 6. The molecule has 1 heterocycles. The molecule has 0 saturated carbocycles. The largest absolute Gasteiger partial charge is 0.355 e. The van der Waals surface area contributed by atoms with Crippen molar-refractivity contribution in [3.05, 3.63) is 108 Å². The van der Waals surface area contributed by atoms with Gasteiger partial charge in [-0.3, -0.25) is 9.69 Å². The summed E-state index contributed by atoms with van der Waals surface area (Å²) in [5.74, 6) is 0.0989. The molecule has 1 aliphatic heterocycles. The zero-order chi connectivity index (χ0) is 21.5. The van der Waals surface area contributed by atoms with Gasteiger partial charge in [0.05, 0.1) is 5.25 Å². The highest BCUT2D eigenvalue weighted by molar-refractivity contribution is 8.23. The third kappa shape index (κ3) is 5.82. The predicted molar refractivity (Wildman–Crippen MR) is 133 cm³/mol. The van der Waals surface area contributed by atoms with Crippen molar-refractivity contribution in [3.8, 4) is 0 Å². The van der Waals surface area contributed by atoms with Crippen LogP contribution in [0.2, 0.25) is 0 Å². The minimum atomic E-state index is -0.335. The van der Waals surface area contributed by atoms with Crippen LogP contribution in [0.3, 0.4) is 0 Å². The molecule has 0 bridgehead atoms. The third-order valence-corrected chi connectivity index (χ3v) is 7.23. The topological polar surface area (TPSA) is 23.6 Å². The summed E-state index contributed by atoms with van der Waals surface area (Å²) in [5.41, 5.74) is 3.05. The number of benzene rings is 3. The van der Waals surface area contributed by atoms with Crippen molar-refractivity contribution in [2.45, 2.75) is 11.8 Å². The van der Waals surface area contributed by atoms with Gasteiger partial charge in [-0.1, -0.05) is 115 Å². The maximum atomic E-state index is 13.3. The van der Waals surface area contributed by atoms with Gasteiger partial charge in [0, 0.05) is 38.3 Å². The second kappa shape index (κ2) is 10.7. The summed E-state index contributed by atoms with van der Waals surface area (Å²) in [4.78, 5) is 18.0. The van der Waals surface area contributed by atoms with E-state index in [1.165, 1.54) is 17.3 Å². The molecule has 1 unspecified atom stereocenters. The van der Waals surface area contributed by atoms with Gasteiger partial charge in [0.2, 0.25) is 0 Å². The van der Waals surface area contributed by atoms with Crippen molar-refractivity contribution in [1.29, 1.82) is 0 Å². The zero-order valence-corrected chi connectivity index (χ0v) is 19.0. The first kappa shape index (κ1) is 21.8. The van der Waals surface area contributed by atoms with Gasteiger partial charge >= 0.3 is 0 Å². The van der Waals surface area contributed by atoms with Crippen LogP contribution in [-0.2, 0) is 6.54 Å². The molecule has 158 valence electrons. The summed E-state index contributed by atoms with van der Waals surface area (Å²) in [5, 5.41) is -0.335. The Morgan fingerprint density at radius 3 is 1.97 bits per heavy atom. The van der Waals surface area contributed by atoms with Gasteiger partial charge in [0.1, 0.15) is 4.32 Å². The van der Waals surface area contributed by atoms with Crippen molar-refractivity contribution in [3.63, 3.8) is 0 Å². The standard InChI is InChI=1S/C26H26N2OS2/c29-24(22-12-6-2-7-13-22)25(23-14-8-3-9-15-23)31-26(30)28-18-16-27(17-19-28)20-21-10-4-1-5-11-21/h1-15,25H,16-20H2. The Balaban J connectivity index is 1.40. The van der Waals surface area contributed by atoms with E-state index in [-0.39, 0.29) is 11.0 Å². The summed E-state index contributed by atoms with van der Waals surface area (Å²) in [6.07, 6.45) is 0. The first-order chi connectivity index (χ1) is 15.2. The fraction of sp³-hybridized carbons (Fsp3) is 0.231. The zero-order valence-electron chi connectivity index (χ0n) is 17.4. The smallest absolute Gasteiger partial charge is 0.180 e. The highest BCUT2D eigenvalue weighted by Crippen LogP contribution is 2.34. The van der Waals surface area contributed by atoms with Crippen LogP contribution in [-0.4, -0.2) is 46.1 Å². The van der Waals surface area contributed by atoms with E-state index >= 15 is 0 Å². The van der Waals surface area contributed by atoms with Crippen LogP contribution in [0, 0.1) is 0 Å². The maximum absolute atomic E-state index is 13.3. The monoisotopic (exact) mass is 446 g/mol. The number of thioether (sulfide) groups is 1. The Morgan fingerprint density at radius 2 is 1.35 bits per heavy atom. The average molecular weight is 447 g/mol. The second-order valence-electron chi connectivity index (χ2n) is 7.65. The van der Waals surface area contributed by atoms with Crippen molar-refractivity contribution < 1.29 is 4.79 Å². The number of hydrogen-bond acceptors (Lipinski definition) is 4. The highest BCUT2D eigenvalue weighted by Gasteiger charge is 2.27. The summed E-state index contributed by atoms with van der Waals surface area (Å²) in [6.45, 7) is 4.68. The lowest BCUT2D eigenvalue weighted by Gasteiger charge is -2.36. The summed E-state index contributed by atoms with van der Waals surface area (Å²) < 4.78 is 0.803. The van der Waals surface area contributed by atoms with Crippen LogP contribution in [0.25, 0.3) is 0 Å². The average Bonchev–Trinajstić information content (AvgIpc) is 2.84.